The van der Waals surface area contributed by atoms with Crippen LogP contribution in [0.5, 0.6) is 0 Å². The van der Waals surface area contributed by atoms with Crippen molar-refractivity contribution in [2.24, 2.45) is 0 Å². The maximum atomic E-state index is 12.7. The van der Waals surface area contributed by atoms with Gasteiger partial charge >= 0.3 is 0 Å². The minimum Gasteiger partial charge on any atom is -0.353 e. The summed E-state index contributed by atoms with van der Waals surface area (Å²) in [6.45, 7) is 3.62. The Kier molecular flexibility index (Phi) is 4.30. The zero-order valence-corrected chi connectivity index (χ0v) is 16.3. The van der Waals surface area contributed by atoms with E-state index in [1.807, 2.05) is 23.6 Å². The maximum absolute atomic E-state index is 12.7. The van der Waals surface area contributed by atoms with E-state index in [0.717, 1.165) is 25.7 Å². The number of likely N-dealkylation sites (N-methyl/N-ethyl adjacent to an activating group) is 1. The Bertz CT molecular complexity index is 1140. The van der Waals surface area contributed by atoms with Crippen molar-refractivity contribution in [1.82, 2.24) is 9.88 Å². The third-order valence-corrected chi connectivity index (χ3v) is 6.47. The van der Waals surface area contributed by atoms with Crippen LogP contribution in [0.15, 0.2) is 46.4 Å². The molecule has 0 atom stereocenters. The average Bonchev–Trinajstić information content (AvgIpc) is 3.35. The Morgan fingerprint density at radius 3 is 2.74 bits per heavy atom. The molecule has 3 aromatic heterocycles. The number of amides is 2. The minimum absolute atomic E-state index is 0.0322. The fourth-order valence-electron chi connectivity index (χ4n) is 3.14. The predicted molar refractivity (Wildman–Crippen MR) is 108 cm³/mol. The highest BCUT2D eigenvalue weighted by Gasteiger charge is 2.34. The van der Waals surface area contributed by atoms with E-state index in [1.165, 1.54) is 4.88 Å². The van der Waals surface area contributed by atoms with Crippen LogP contribution in [-0.2, 0) is 9.59 Å². The lowest BCUT2D eigenvalue weighted by atomic mass is 9.95. The van der Waals surface area contributed by atoms with Crippen LogP contribution in [0.2, 0.25) is 0 Å². The Balaban J connectivity index is 1.77. The van der Waals surface area contributed by atoms with Crippen molar-refractivity contribution in [2.45, 2.75) is 13.8 Å². The summed E-state index contributed by atoms with van der Waals surface area (Å²) in [5, 5.41) is 11.4. The van der Waals surface area contributed by atoms with Gasteiger partial charge < -0.3 is 4.98 Å². The number of carbonyl (C=O) groups is 2. The molecule has 4 rings (SSSR count). The summed E-state index contributed by atoms with van der Waals surface area (Å²) in [5.41, 5.74) is 2.95. The zero-order chi connectivity index (χ0) is 19.1. The largest absolute Gasteiger partial charge is 0.353 e. The molecule has 0 radical (unpaired) electrons. The van der Waals surface area contributed by atoms with E-state index in [4.69, 9.17) is 0 Å². The van der Waals surface area contributed by atoms with Crippen molar-refractivity contribution < 1.29 is 9.59 Å². The van der Waals surface area contributed by atoms with Gasteiger partial charge in [0.05, 0.1) is 20.8 Å². The molecule has 1 N–H and O–H groups in total. The summed E-state index contributed by atoms with van der Waals surface area (Å²) >= 11 is 3.24. The first-order valence-corrected chi connectivity index (χ1v) is 10.1. The molecule has 0 bridgehead atoms. The molecular weight excluding hydrogens is 378 g/mol. The summed E-state index contributed by atoms with van der Waals surface area (Å²) < 4.78 is 1.10. The Morgan fingerprint density at radius 2 is 2.11 bits per heavy atom. The van der Waals surface area contributed by atoms with Gasteiger partial charge in [0.25, 0.3) is 11.8 Å². The molecule has 7 heteroatoms. The van der Waals surface area contributed by atoms with E-state index in [9.17, 15) is 14.9 Å². The van der Waals surface area contributed by atoms with Crippen LogP contribution in [0.3, 0.4) is 0 Å². The molecule has 1 aliphatic heterocycles. The van der Waals surface area contributed by atoms with E-state index in [-0.39, 0.29) is 18.0 Å². The number of aromatic amines is 1. The van der Waals surface area contributed by atoms with Crippen LogP contribution in [0, 0.1) is 11.3 Å². The molecule has 0 saturated heterocycles. The van der Waals surface area contributed by atoms with Gasteiger partial charge in [-0.1, -0.05) is 6.07 Å². The molecule has 3 aromatic rings. The van der Waals surface area contributed by atoms with Crippen LogP contribution < -0.4 is 0 Å². The number of fused-ring (bicyclic) bond motifs is 1. The third kappa shape index (κ3) is 2.83. The number of aromatic nitrogens is 1. The SMILES string of the molecule is CCN1C(=O)C(C#N)=C(C)/C(=C/c2cc3[nH]c(-c4cccs4)cc3s2)C1=O. The van der Waals surface area contributed by atoms with Crippen LogP contribution in [-0.4, -0.2) is 28.2 Å². The average molecular weight is 393 g/mol. The lowest BCUT2D eigenvalue weighted by molar-refractivity contribution is -0.140. The Labute approximate surface area is 163 Å². The van der Waals surface area contributed by atoms with Gasteiger partial charge in [-0.2, -0.15) is 5.26 Å². The molecule has 4 heterocycles. The maximum Gasteiger partial charge on any atom is 0.271 e. The molecule has 0 fully saturated rings. The molecule has 0 spiro atoms. The van der Waals surface area contributed by atoms with Crippen molar-refractivity contribution >= 4 is 50.8 Å². The molecule has 2 amide bonds. The van der Waals surface area contributed by atoms with Gasteiger partial charge in [0.2, 0.25) is 0 Å². The number of rotatable bonds is 3. The summed E-state index contributed by atoms with van der Waals surface area (Å²) in [6.07, 6.45) is 1.77. The van der Waals surface area contributed by atoms with Gasteiger partial charge in [-0.15, -0.1) is 22.7 Å². The monoisotopic (exact) mass is 393 g/mol. The number of hydrogen-bond donors (Lipinski definition) is 1. The first-order chi connectivity index (χ1) is 13.0. The minimum atomic E-state index is -0.515. The van der Waals surface area contributed by atoms with E-state index in [1.54, 1.807) is 42.6 Å². The quantitative estimate of drug-likeness (QED) is 0.523. The highest BCUT2D eigenvalue weighted by atomic mass is 32.1. The van der Waals surface area contributed by atoms with Crippen molar-refractivity contribution in [3.8, 4) is 16.6 Å². The number of carbonyl (C=O) groups excluding carboxylic acids is 2. The molecular formula is C20H15N3O2S2. The summed E-state index contributed by atoms with van der Waals surface area (Å²) in [4.78, 5) is 31.5. The van der Waals surface area contributed by atoms with E-state index >= 15 is 0 Å². The summed E-state index contributed by atoms with van der Waals surface area (Å²) in [5.74, 6) is -0.867. The van der Waals surface area contributed by atoms with E-state index < -0.39 is 5.91 Å². The molecule has 0 saturated carbocycles. The second-order valence-corrected chi connectivity index (χ2v) is 8.17. The fourth-order valence-corrected chi connectivity index (χ4v) is 4.84. The van der Waals surface area contributed by atoms with Crippen LogP contribution in [0.1, 0.15) is 18.7 Å². The Morgan fingerprint density at radius 1 is 1.30 bits per heavy atom. The fraction of sp³-hybridized carbons (Fsp3) is 0.150. The summed E-state index contributed by atoms with van der Waals surface area (Å²) in [7, 11) is 0. The first-order valence-electron chi connectivity index (χ1n) is 8.39. The lowest BCUT2D eigenvalue weighted by Gasteiger charge is -2.26. The third-order valence-electron chi connectivity index (χ3n) is 4.54. The number of imide groups is 1. The number of nitrogens with one attached hydrogen (secondary N) is 1. The van der Waals surface area contributed by atoms with Crippen LogP contribution >= 0.6 is 22.7 Å². The van der Waals surface area contributed by atoms with Crippen molar-refractivity contribution in [3.05, 3.63) is 51.2 Å². The van der Waals surface area contributed by atoms with Gasteiger partial charge in [-0.3, -0.25) is 14.5 Å². The molecule has 0 aromatic carbocycles. The second-order valence-electron chi connectivity index (χ2n) is 6.11. The van der Waals surface area contributed by atoms with Crippen LogP contribution in [0.25, 0.3) is 26.9 Å². The second kappa shape index (κ2) is 6.65. The molecule has 134 valence electrons. The highest BCUT2D eigenvalue weighted by molar-refractivity contribution is 7.20. The van der Waals surface area contributed by atoms with Gasteiger partial charge in [0.1, 0.15) is 11.6 Å². The predicted octanol–water partition coefficient (Wildman–Crippen LogP) is 4.57. The number of thiophene rings is 2. The van der Waals surface area contributed by atoms with E-state index in [0.29, 0.717) is 11.1 Å². The molecule has 27 heavy (non-hydrogen) atoms. The molecule has 0 aliphatic carbocycles. The normalized spacial score (nSPS) is 16.6. The highest BCUT2D eigenvalue weighted by Crippen LogP contribution is 2.35. The topological polar surface area (TPSA) is 77.0 Å². The van der Waals surface area contributed by atoms with Gasteiger partial charge in [0, 0.05) is 17.0 Å². The first kappa shape index (κ1) is 17.5. The smallest absolute Gasteiger partial charge is 0.271 e. The number of hydrogen-bond acceptors (Lipinski definition) is 5. The van der Waals surface area contributed by atoms with Crippen molar-refractivity contribution in [2.75, 3.05) is 6.54 Å². The van der Waals surface area contributed by atoms with Crippen molar-refractivity contribution in [3.63, 3.8) is 0 Å². The number of nitriles is 1. The number of nitrogens with zero attached hydrogens (tertiary/aromatic N) is 2. The lowest BCUT2D eigenvalue weighted by Crippen LogP contribution is -2.42. The molecule has 0 unspecified atom stereocenters. The number of H-pyrrole nitrogens is 1. The standard InChI is InChI=1S/C20H15N3O2S2/c1-3-23-19(24)13(11(2)14(10-21)20(23)25)7-12-8-15-18(27-12)9-16(22-15)17-5-4-6-26-17/h4-9,22H,3H2,1-2H3/b13-7-. The van der Waals surface area contributed by atoms with Gasteiger partial charge in [-0.25, -0.2) is 0 Å². The van der Waals surface area contributed by atoms with E-state index in [2.05, 4.69) is 17.1 Å². The van der Waals surface area contributed by atoms with Gasteiger partial charge in [-0.05, 0) is 49.1 Å². The van der Waals surface area contributed by atoms with Crippen LogP contribution in [0.4, 0.5) is 0 Å². The van der Waals surface area contributed by atoms with Gasteiger partial charge in [0.15, 0.2) is 0 Å². The molecule has 5 nitrogen and oxygen atoms in total. The Hall–Kier alpha value is -2.95. The summed E-state index contributed by atoms with van der Waals surface area (Å²) in [6, 6.07) is 10.1. The van der Waals surface area contributed by atoms with Crippen molar-refractivity contribution in [1.29, 1.82) is 5.26 Å². The zero-order valence-electron chi connectivity index (χ0n) is 14.7. The molecule has 1 aliphatic rings.